The fraction of sp³-hybridized carbons (Fsp3) is 0.465. The van der Waals surface area contributed by atoms with Crippen LogP contribution in [-0.2, 0) is 19.1 Å². The summed E-state index contributed by atoms with van der Waals surface area (Å²) in [7, 11) is 2.60. The van der Waals surface area contributed by atoms with E-state index in [2.05, 4.69) is 89.0 Å². The third-order valence-corrected chi connectivity index (χ3v) is 12.5. The van der Waals surface area contributed by atoms with Gasteiger partial charge in [0.2, 0.25) is 11.8 Å². The Morgan fingerprint density at radius 3 is 1.82 bits per heavy atom. The number of nitrogens with zero attached hydrogens (tertiary/aromatic N) is 3. The Balaban J connectivity index is 1.06. The van der Waals surface area contributed by atoms with E-state index in [4.69, 9.17) is 14.5 Å². The van der Waals surface area contributed by atoms with Crippen LogP contribution in [0.25, 0.3) is 42.8 Å². The lowest BCUT2D eigenvalue weighted by atomic mass is 10.0. The highest BCUT2D eigenvalue weighted by Gasteiger charge is 2.41. The largest absolute Gasteiger partial charge is 0.453 e. The predicted octanol–water partition coefficient (Wildman–Crippen LogP) is 8.02. The number of amides is 4. The van der Waals surface area contributed by atoms with Crippen LogP contribution < -0.4 is 10.6 Å². The third-order valence-electron chi connectivity index (χ3n) is 11.4. The molecule has 302 valence electrons. The van der Waals surface area contributed by atoms with Gasteiger partial charge in [-0.15, -0.1) is 11.3 Å². The first-order chi connectivity index (χ1) is 27.2. The Morgan fingerprint density at radius 2 is 1.26 bits per heavy atom. The lowest BCUT2D eigenvalue weighted by Crippen LogP contribution is -2.51. The summed E-state index contributed by atoms with van der Waals surface area (Å²) in [6.07, 6.45) is 0.385. The van der Waals surface area contributed by atoms with Crippen molar-refractivity contribution in [1.82, 2.24) is 35.4 Å². The molecule has 3 aromatic heterocycles. The monoisotopic (exact) mass is 795 g/mol. The van der Waals surface area contributed by atoms with Gasteiger partial charge in [-0.1, -0.05) is 77.9 Å². The molecule has 13 nitrogen and oxygen atoms in total. The molecule has 2 aliphatic rings. The number of likely N-dealkylation sites (tertiary alicyclic amines) is 2. The van der Waals surface area contributed by atoms with E-state index in [-0.39, 0.29) is 35.7 Å². The van der Waals surface area contributed by atoms with Crippen molar-refractivity contribution in [2.24, 2.45) is 23.7 Å². The number of carbonyl (C=O) groups excluding carboxylic acids is 4. The Morgan fingerprint density at radius 1 is 0.719 bits per heavy atom. The van der Waals surface area contributed by atoms with Gasteiger partial charge in [0, 0.05) is 29.2 Å². The molecule has 2 fully saturated rings. The number of imidazole rings is 1. The standard InChI is InChI=1S/C43H53N7O6S/c1-22(2)36(46-42(53)55-7)40(51)49-20-24(5)15-33(49)31-18-29-14-13-28(17-30(29)44-31)26-9-11-27(12-10-26)35-19-32-39(57-35)48-38(45-32)34-16-25(6)21-50(34)41(52)37(23(3)4)47-43(54)56-8/h9-14,17-19,22-25,33-34,36-37,44H,15-16,20-21H2,1-8H3,(H,45,48)(H,46,53)(H,47,54)/t24-,25-,33-,34-,36-,37-/m0/s1. The van der Waals surface area contributed by atoms with Crippen LogP contribution in [0.15, 0.2) is 54.6 Å². The van der Waals surface area contributed by atoms with E-state index in [9.17, 15) is 19.2 Å². The molecule has 4 N–H and O–H groups in total. The van der Waals surface area contributed by atoms with Crippen molar-refractivity contribution in [3.05, 3.63) is 66.1 Å². The highest BCUT2D eigenvalue weighted by atomic mass is 32.1. The van der Waals surface area contributed by atoms with E-state index in [1.165, 1.54) is 14.2 Å². The second-order valence-electron chi connectivity index (χ2n) is 16.5. The van der Waals surface area contributed by atoms with Crippen molar-refractivity contribution in [3.8, 4) is 21.6 Å². The molecule has 2 aromatic carbocycles. The molecule has 4 amide bonds. The molecule has 6 atom stereocenters. The minimum atomic E-state index is -0.691. The highest BCUT2D eigenvalue weighted by Crippen LogP contribution is 2.40. The van der Waals surface area contributed by atoms with Crippen LogP contribution in [0.2, 0.25) is 0 Å². The van der Waals surface area contributed by atoms with Crippen molar-refractivity contribution in [2.45, 2.75) is 78.6 Å². The lowest BCUT2D eigenvalue weighted by molar-refractivity contribution is -0.136. The number of ether oxygens (including phenoxy) is 2. The van der Waals surface area contributed by atoms with Crippen LogP contribution in [-0.4, -0.2) is 88.1 Å². The van der Waals surface area contributed by atoms with E-state index >= 15 is 0 Å². The van der Waals surface area contributed by atoms with Crippen LogP contribution in [0.5, 0.6) is 0 Å². The Labute approximate surface area is 336 Å². The molecule has 0 aliphatic carbocycles. The summed E-state index contributed by atoms with van der Waals surface area (Å²) in [6.45, 7) is 13.2. The van der Waals surface area contributed by atoms with Crippen LogP contribution in [0.3, 0.4) is 0 Å². The summed E-state index contributed by atoms with van der Waals surface area (Å²) in [4.78, 5) is 69.4. The zero-order valence-electron chi connectivity index (χ0n) is 33.8. The molecule has 7 rings (SSSR count). The topological polar surface area (TPSA) is 162 Å². The number of fused-ring (bicyclic) bond motifs is 2. The number of hydrogen-bond donors (Lipinski definition) is 4. The molecule has 57 heavy (non-hydrogen) atoms. The summed E-state index contributed by atoms with van der Waals surface area (Å²) in [5.41, 5.74) is 6.16. The van der Waals surface area contributed by atoms with Crippen molar-refractivity contribution in [1.29, 1.82) is 0 Å². The van der Waals surface area contributed by atoms with Gasteiger partial charge in [0.15, 0.2) is 0 Å². The van der Waals surface area contributed by atoms with Crippen LogP contribution >= 0.6 is 11.3 Å². The van der Waals surface area contributed by atoms with E-state index in [0.717, 1.165) is 67.2 Å². The van der Waals surface area contributed by atoms with Gasteiger partial charge in [-0.05, 0) is 76.8 Å². The minimum Gasteiger partial charge on any atom is -0.453 e. The maximum absolute atomic E-state index is 13.8. The molecular weight excluding hydrogens is 743 g/mol. The maximum atomic E-state index is 13.8. The fourth-order valence-electron chi connectivity index (χ4n) is 8.35. The summed E-state index contributed by atoms with van der Waals surface area (Å²) in [5.74, 6) is 0.937. The van der Waals surface area contributed by atoms with Crippen molar-refractivity contribution in [3.63, 3.8) is 0 Å². The zero-order valence-corrected chi connectivity index (χ0v) is 34.7. The SMILES string of the molecule is COC(=O)N[C@H](C(=O)N1C[C@@H](C)C[C@H]1c1cc2ccc(-c3ccc(-c4cc5[nH]c([C@@H]6C[C@H](C)CN6C(=O)[C@@H](NC(=O)OC)C(C)C)nc5s4)cc3)cc2[nH]1)C(C)C. The second-order valence-corrected chi connectivity index (χ2v) is 17.5. The fourth-order valence-corrected chi connectivity index (χ4v) is 9.36. The Bertz CT molecular complexity index is 2240. The van der Waals surface area contributed by atoms with Crippen molar-refractivity contribution >= 4 is 56.6 Å². The van der Waals surface area contributed by atoms with Crippen LogP contribution in [0.4, 0.5) is 9.59 Å². The zero-order chi connectivity index (χ0) is 40.7. The Hall–Kier alpha value is -5.37. The number of methoxy groups -OCH3 is 2. The lowest BCUT2D eigenvalue weighted by Gasteiger charge is -2.30. The first-order valence-electron chi connectivity index (χ1n) is 19.8. The van der Waals surface area contributed by atoms with E-state index in [1.54, 1.807) is 11.3 Å². The summed E-state index contributed by atoms with van der Waals surface area (Å²) >= 11 is 1.61. The molecule has 5 heterocycles. The average molecular weight is 796 g/mol. The number of alkyl carbamates (subject to hydrolysis) is 2. The number of hydrogen-bond acceptors (Lipinski definition) is 8. The minimum absolute atomic E-state index is 0.0953. The van der Waals surface area contributed by atoms with Crippen LogP contribution in [0, 0.1) is 23.7 Å². The van der Waals surface area contributed by atoms with Gasteiger partial charge in [0.25, 0.3) is 0 Å². The van der Waals surface area contributed by atoms with Gasteiger partial charge in [-0.3, -0.25) is 9.59 Å². The quantitative estimate of drug-likeness (QED) is 0.111. The molecule has 0 radical (unpaired) electrons. The van der Waals surface area contributed by atoms with Gasteiger partial charge >= 0.3 is 12.2 Å². The molecule has 0 saturated carbocycles. The second kappa shape index (κ2) is 16.2. The predicted molar refractivity (Wildman–Crippen MR) is 222 cm³/mol. The number of nitrogens with one attached hydrogen (secondary N) is 4. The van der Waals surface area contributed by atoms with Gasteiger partial charge in [-0.2, -0.15) is 0 Å². The van der Waals surface area contributed by atoms with E-state index in [0.29, 0.717) is 24.9 Å². The van der Waals surface area contributed by atoms with E-state index < -0.39 is 24.3 Å². The number of carbonyl (C=O) groups is 4. The van der Waals surface area contributed by atoms with Gasteiger partial charge in [0.1, 0.15) is 22.7 Å². The molecule has 0 bridgehead atoms. The van der Waals surface area contributed by atoms with Crippen LogP contribution in [0.1, 0.15) is 78.0 Å². The first kappa shape index (κ1) is 39.8. The molecule has 0 spiro atoms. The molecule has 5 aromatic rings. The number of H-pyrrole nitrogens is 2. The molecule has 2 aliphatic heterocycles. The van der Waals surface area contributed by atoms with Crippen molar-refractivity contribution < 1.29 is 28.7 Å². The number of aromatic nitrogens is 3. The number of aromatic amines is 2. The molecule has 2 saturated heterocycles. The van der Waals surface area contributed by atoms with Gasteiger partial charge < -0.3 is 39.9 Å². The summed E-state index contributed by atoms with van der Waals surface area (Å²) in [6, 6.07) is 17.5. The summed E-state index contributed by atoms with van der Waals surface area (Å²) < 4.78 is 9.59. The number of thiophene rings is 1. The molecular formula is C43H53N7O6S. The number of rotatable bonds is 10. The van der Waals surface area contributed by atoms with Gasteiger partial charge in [0.05, 0.1) is 31.8 Å². The van der Waals surface area contributed by atoms with E-state index in [1.807, 2.05) is 37.5 Å². The van der Waals surface area contributed by atoms with Gasteiger partial charge in [-0.25, -0.2) is 14.6 Å². The Kier molecular flexibility index (Phi) is 11.4. The van der Waals surface area contributed by atoms with Crippen molar-refractivity contribution in [2.75, 3.05) is 27.3 Å². The third kappa shape index (κ3) is 8.09. The first-order valence-corrected chi connectivity index (χ1v) is 20.6. The number of benzene rings is 2. The normalized spacial score (nSPS) is 20.7. The highest BCUT2D eigenvalue weighted by molar-refractivity contribution is 7.21. The maximum Gasteiger partial charge on any atom is 0.407 e. The molecule has 14 heteroatoms. The smallest absolute Gasteiger partial charge is 0.407 e. The average Bonchev–Trinajstić information content (AvgIpc) is 4.02. The molecule has 0 unspecified atom stereocenters. The summed E-state index contributed by atoms with van der Waals surface area (Å²) in [5, 5.41) is 6.53.